The highest BCUT2D eigenvalue weighted by atomic mass is 35.5. The van der Waals surface area contributed by atoms with Gasteiger partial charge in [0.1, 0.15) is 29.6 Å². The smallest absolute Gasteiger partial charge is 0.210 e. The average molecular weight is 444 g/mol. The van der Waals surface area contributed by atoms with Crippen molar-refractivity contribution in [3.05, 3.63) is 71.2 Å². The number of nitrogens with two attached hydrogens (primary N) is 1. The van der Waals surface area contributed by atoms with E-state index in [1.807, 2.05) is 48.5 Å². The van der Waals surface area contributed by atoms with Crippen molar-refractivity contribution in [1.82, 2.24) is 20.0 Å². The number of hydrogen-bond donors (Lipinski definition) is 1. The van der Waals surface area contributed by atoms with E-state index in [9.17, 15) is 0 Å². The Morgan fingerprint density at radius 3 is 2.70 bits per heavy atom. The average Bonchev–Trinajstić information content (AvgIpc) is 3.38. The summed E-state index contributed by atoms with van der Waals surface area (Å²) in [6, 6.07) is 16.6. The molecule has 0 amide bonds. The largest absolute Gasteiger partial charge is 0.497 e. The van der Waals surface area contributed by atoms with Gasteiger partial charge in [0, 0.05) is 22.7 Å². The molecule has 8 nitrogen and oxygen atoms in total. The van der Waals surface area contributed by atoms with Gasteiger partial charge >= 0.3 is 0 Å². The minimum Gasteiger partial charge on any atom is -0.497 e. The topological polar surface area (TPSA) is 101 Å². The molecule has 0 saturated heterocycles. The second-order valence-electron chi connectivity index (χ2n) is 6.21. The fraction of sp³-hybridized carbons (Fsp3) is 0.150. The van der Waals surface area contributed by atoms with E-state index in [2.05, 4.69) is 15.4 Å². The molecule has 2 N–H and O–H groups in total. The zero-order valence-corrected chi connectivity index (χ0v) is 17.6. The van der Waals surface area contributed by atoms with Crippen molar-refractivity contribution in [3.8, 4) is 22.8 Å². The lowest BCUT2D eigenvalue weighted by Crippen LogP contribution is -2.15. The zero-order valence-electron chi connectivity index (χ0n) is 16.0. The summed E-state index contributed by atoms with van der Waals surface area (Å²) in [7, 11) is 1.60. The monoisotopic (exact) mass is 443 g/mol. The van der Waals surface area contributed by atoms with Crippen molar-refractivity contribution in [1.29, 1.82) is 0 Å². The van der Waals surface area contributed by atoms with Gasteiger partial charge in [-0.15, -0.1) is 10.2 Å². The lowest BCUT2D eigenvalue weighted by Gasteiger charge is -2.07. The Morgan fingerprint density at radius 1 is 1.10 bits per heavy atom. The van der Waals surface area contributed by atoms with Crippen molar-refractivity contribution in [2.24, 2.45) is 0 Å². The Kier molecular flexibility index (Phi) is 6.10. The highest BCUT2D eigenvalue weighted by Gasteiger charge is 2.13. The number of nitrogen functional groups attached to an aromatic ring is 1. The molecule has 0 aliphatic carbocycles. The first-order valence-electron chi connectivity index (χ1n) is 8.93. The van der Waals surface area contributed by atoms with Crippen LogP contribution in [0.4, 0.5) is 0 Å². The summed E-state index contributed by atoms with van der Waals surface area (Å²) in [5.41, 5.74) is 1.67. The fourth-order valence-electron chi connectivity index (χ4n) is 2.62. The lowest BCUT2D eigenvalue weighted by atomic mass is 10.1. The number of halogens is 1. The second kappa shape index (κ2) is 9.10. The Bertz CT molecular complexity index is 1130. The second-order valence-corrected chi connectivity index (χ2v) is 7.59. The molecule has 10 heteroatoms. The van der Waals surface area contributed by atoms with Gasteiger partial charge in [-0.05, 0) is 24.3 Å². The molecule has 0 atom stereocenters. The Labute approximate surface area is 181 Å². The van der Waals surface area contributed by atoms with Crippen LogP contribution in [-0.2, 0) is 12.4 Å². The summed E-state index contributed by atoms with van der Waals surface area (Å²) in [6.07, 6.45) is 0. The van der Waals surface area contributed by atoms with Crippen molar-refractivity contribution in [2.75, 3.05) is 13.0 Å². The molecule has 0 unspecified atom stereocenters. The zero-order chi connectivity index (χ0) is 20.9. The number of hydrogen-bond acceptors (Lipinski definition) is 8. The molecule has 0 saturated carbocycles. The first kappa shape index (κ1) is 20.1. The van der Waals surface area contributed by atoms with Crippen LogP contribution in [0.3, 0.4) is 0 Å². The highest BCUT2D eigenvalue weighted by molar-refractivity contribution is 7.98. The normalized spacial score (nSPS) is 10.9. The Morgan fingerprint density at radius 2 is 1.90 bits per heavy atom. The molecule has 0 fully saturated rings. The number of thioether (sulfide) groups is 1. The fourth-order valence-corrected chi connectivity index (χ4v) is 3.49. The van der Waals surface area contributed by atoms with E-state index < -0.39 is 0 Å². The molecule has 30 heavy (non-hydrogen) atoms. The predicted octanol–water partition coefficient (Wildman–Crippen LogP) is 4.18. The molecule has 0 aliphatic rings. The highest BCUT2D eigenvalue weighted by Crippen LogP contribution is 2.26. The van der Waals surface area contributed by atoms with Crippen molar-refractivity contribution >= 4 is 23.4 Å². The van der Waals surface area contributed by atoms with E-state index in [0.29, 0.717) is 39.0 Å². The van der Waals surface area contributed by atoms with Gasteiger partial charge in [0.15, 0.2) is 5.82 Å². The third kappa shape index (κ3) is 4.69. The number of benzene rings is 2. The maximum atomic E-state index is 6.11. The molecular formula is C20H18ClN5O3S. The first-order chi connectivity index (χ1) is 14.6. The van der Waals surface area contributed by atoms with E-state index in [0.717, 1.165) is 11.3 Å². The van der Waals surface area contributed by atoms with Gasteiger partial charge in [-0.2, -0.15) is 0 Å². The predicted molar refractivity (Wildman–Crippen MR) is 114 cm³/mol. The summed E-state index contributed by atoms with van der Waals surface area (Å²) in [5.74, 6) is 9.17. The van der Waals surface area contributed by atoms with Crippen LogP contribution >= 0.6 is 23.4 Å². The summed E-state index contributed by atoms with van der Waals surface area (Å²) in [5, 5.41) is 13.5. The van der Waals surface area contributed by atoms with Crippen LogP contribution in [0.1, 0.15) is 11.6 Å². The van der Waals surface area contributed by atoms with Crippen LogP contribution in [-0.4, -0.2) is 27.1 Å². The minimum atomic E-state index is 0.181. The molecule has 2 aromatic heterocycles. The minimum absolute atomic E-state index is 0.181. The van der Waals surface area contributed by atoms with Crippen molar-refractivity contribution in [3.63, 3.8) is 0 Å². The number of rotatable bonds is 8. The number of methoxy groups -OCH3 is 1. The molecule has 154 valence electrons. The molecule has 4 aromatic rings. The third-order valence-electron chi connectivity index (χ3n) is 4.19. The van der Waals surface area contributed by atoms with Crippen LogP contribution < -0.4 is 15.3 Å². The van der Waals surface area contributed by atoms with Gasteiger partial charge in [-0.3, -0.25) is 0 Å². The SMILES string of the molecule is COc1cccc(OCc2nnc(SCc3cc(-c4ccc(Cl)cc4)no3)n2N)c1. The van der Waals surface area contributed by atoms with Gasteiger partial charge in [0.25, 0.3) is 0 Å². The molecule has 0 radical (unpaired) electrons. The van der Waals surface area contributed by atoms with E-state index in [1.54, 1.807) is 13.2 Å². The molecule has 2 aromatic carbocycles. The molecule has 4 rings (SSSR count). The third-order valence-corrected chi connectivity index (χ3v) is 5.40. The van der Waals surface area contributed by atoms with Gasteiger partial charge < -0.3 is 19.8 Å². The number of aromatic nitrogens is 4. The molecule has 0 aliphatic heterocycles. The molecule has 2 heterocycles. The Balaban J connectivity index is 1.36. The van der Waals surface area contributed by atoms with Crippen molar-refractivity contribution in [2.45, 2.75) is 17.5 Å². The van der Waals surface area contributed by atoms with Crippen LogP contribution in [0.5, 0.6) is 11.5 Å². The summed E-state index contributed by atoms with van der Waals surface area (Å²) in [6.45, 7) is 0.181. The summed E-state index contributed by atoms with van der Waals surface area (Å²) < 4.78 is 17.7. The maximum absolute atomic E-state index is 6.11. The standard InChI is InChI=1S/C20H18ClN5O3S/c1-27-15-3-2-4-16(9-15)28-11-19-23-24-20(26(19)22)30-12-17-10-18(25-29-17)13-5-7-14(21)8-6-13/h2-10H,11-12,22H2,1H3. The Hall–Kier alpha value is -3.17. The van der Waals surface area contributed by atoms with Crippen LogP contribution in [0.15, 0.2) is 64.3 Å². The molecule has 0 spiro atoms. The van der Waals surface area contributed by atoms with Crippen molar-refractivity contribution < 1.29 is 14.0 Å². The van der Waals surface area contributed by atoms with E-state index >= 15 is 0 Å². The summed E-state index contributed by atoms with van der Waals surface area (Å²) in [4.78, 5) is 0. The van der Waals surface area contributed by atoms with Gasteiger partial charge in [-0.25, -0.2) is 4.68 Å². The number of nitrogens with zero attached hydrogens (tertiary/aromatic N) is 4. The van der Waals surface area contributed by atoms with Gasteiger partial charge in [0.2, 0.25) is 5.16 Å². The quantitative estimate of drug-likeness (QED) is 0.319. The van der Waals surface area contributed by atoms with E-state index in [-0.39, 0.29) is 6.61 Å². The molecule has 0 bridgehead atoms. The maximum Gasteiger partial charge on any atom is 0.210 e. The van der Waals surface area contributed by atoms with E-state index in [1.165, 1.54) is 16.4 Å². The first-order valence-corrected chi connectivity index (χ1v) is 10.3. The van der Waals surface area contributed by atoms with Crippen LogP contribution in [0.25, 0.3) is 11.3 Å². The summed E-state index contributed by atoms with van der Waals surface area (Å²) >= 11 is 7.31. The lowest BCUT2D eigenvalue weighted by molar-refractivity contribution is 0.289. The molecular weight excluding hydrogens is 426 g/mol. The van der Waals surface area contributed by atoms with Crippen LogP contribution in [0, 0.1) is 0 Å². The number of ether oxygens (including phenoxy) is 2. The van der Waals surface area contributed by atoms with E-state index in [4.69, 9.17) is 31.4 Å². The van der Waals surface area contributed by atoms with Crippen LogP contribution in [0.2, 0.25) is 5.02 Å². The van der Waals surface area contributed by atoms with Gasteiger partial charge in [-0.1, -0.05) is 46.7 Å². The van der Waals surface area contributed by atoms with Gasteiger partial charge in [0.05, 0.1) is 12.9 Å².